The highest BCUT2D eigenvalue weighted by atomic mass is 35.5. The fourth-order valence-corrected chi connectivity index (χ4v) is 2.96. The molecule has 1 unspecified atom stereocenters. The smallest absolute Gasteiger partial charge is 0.359 e. The Bertz CT molecular complexity index is 1000. The van der Waals surface area contributed by atoms with Crippen LogP contribution >= 0.6 is 23.2 Å². The van der Waals surface area contributed by atoms with Crippen molar-refractivity contribution in [1.29, 1.82) is 0 Å². The van der Waals surface area contributed by atoms with E-state index in [2.05, 4.69) is 15.7 Å². The molecule has 0 saturated carbocycles. The van der Waals surface area contributed by atoms with E-state index in [-0.39, 0.29) is 15.9 Å². The van der Waals surface area contributed by atoms with Crippen molar-refractivity contribution in [3.8, 4) is 0 Å². The predicted molar refractivity (Wildman–Crippen MR) is 102 cm³/mol. The van der Waals surface area contributed by atoms with E-state index in [1.54, 1.807) is 30.3 Å². The third kappa shape index (κ3) is 4.15. The van der Waals surface area contributed by atoms with Gasteiger partial charge in [-0.2, -0.15) is 5.01 Å². The zero-order valence-corrected chi connectivity index (χ0v) is 16.5. The van der Waals surface area contributed by atoms with Crippen molar-refractivity contribution in [2.75, 3.05) is 6.61 Å². The Hall–Kier alpha value is -3.17. The number of aromatic nitrogens is 1. The van der Waals surface area contributed by atoms with Crippen molar-refractivity contribution >= 4 is 47.0 Å². The third-order valence-corrected chi connectivity index (χ3v) is 4.63. The predicted octanol–water partition coefficient (Wildman–Crippen LogP) is 2.04. The van der Waals surface area contributed by atoms with E-state index < -0.39 is 36.0 Å². The number of urea groups is 1. The molecular formula is C18H14Cl2N4O5. The van der Waals surface area contributed by atoms with Crippen LogP contribution in [0.4, 0.5) is 4.79 Å². The van der Waals surface area contributed by atoms with Crippen LogP contribution in [0.2, 0.25) is 10.2 Å². The van der Waals surface area contributed by atoms with Crippen LogP contribution in [0, 0.1) is 0 Å². The van der Waals surface area contributed by atoms with Crippen molar-refractivity contribution in [2.24, 2.45) is 0 Å². The van der Waals surface area contributed by atoms with E-state index in [1.165, 1.54) is 19.1 Å². The van der Waals surface area contributed by atoms with Crippen LogP contribution in [-0.2, 0) is 19.9 Å². The monoisotopic (exact) mass is 436 g/mol. The van der Waals surface area contributed by atoms with Crippen LogP contribution in [0.5, 0.6) is 0 Å². The number of nitrogens with one attached hydrogen (secondary N) is 2. The maximum absolute atomic E-state index is 12.7. The Morgan fingerprint density at radius 1 is 1.17 bits per heavy atom. The number of benzene rings is 1. The van der Waals surface area contributed by atoms with Gasteiger partial charge in [0.1, 0.15) is 10.7 Å². The molecule has 0 aliphatic carbocycles. The average molecular weight is 437 g/mol. The average Bonchev–Trinajstić information content (AvgIpc) is 2.92. The van der Waals surface area contributed by atoms with Crippen LogP contribution in [0.1, 0.15) is 23.0 Å². The molecule has 11 heteroatoms. The van der Waals surface area contributed by atoms with Gasteiger partial charge in [0, 0.05) is 0 Å². The number of carbonyl (C=O) groups excluding carboxylic acids is 4. The van der Waals surface area contributed by atoms with E-state index >= 15 is 0 Å². The second-order valence-corrected chi connectivity index (χ2v) is 6.93. The Kier molecular flexibility index (Phi) is 5.71. The van der Waals surface area contributed by atoms with E-state index in [0.29, 0.717) is 10.6 Å². The number of ether oxygens (including phenoxy) is 1. The molecular weight excluding hydrogens is 423 g/mol. The SMILES string of the molecule is CC1(c2ccccc2)NC(=O)N(NC(=O)COC(=O)c2nc(Cl)ccc2Cl)C1=O. The number of imide groups is 1. The molecule has 9 nitrogen and oxygen atoms in total. The topological polar surface area (TPSA) is 118 Å². The number of hydrazine groups is 1. The maximum Gasteiger partial charge on any atom is 0.359 e. The fraction of sp³-hybridized carbons (Fsp3) is 0.167. The highest BCUT2D eigenvalue weighted by molar-refractivity contribution is 6.34. The number of carbonyl (C=O) groups is 4. The van der Waals surface area contributed by atoms with Crippen molar-refractivity contribution in [2.45, 2.75) is 12.5 Å². The van der Waals surface area contributed by atoms with Gasteiger partial charge in [0.25, 0.3) is 11.8 Å². The summed E-state index contributed by atoms with van der Waals surface area (Å²) in [5.41, 5.74) is 1.05. The standard InChI is InChI=1S/C18H14Cl2N4O5/c1-18(10-5-3-2-4-6-10)16(27)24(17(28)22-18)23-13(25)9-29-15(26)14-11(19)7-8-12(20)21-14/h2-8H,9H2,1H3,(H,22,28)(H,23,25). The van der Waals surface area contributed by atoms with Crippen molar-refractivity contribution in [1.82, 2.24) is 20.7 Å². The Labute approximate surface area is 174 Å². The molecule has 1 fully saturated rings. The minimum Gasteiger partial charge on any atom is -0.451 e. The Balaban J connectivity index is 1.63. The third-order valence-electron chi connectivity index (χ3n) is 4.12. The van der Waals surface area contributed by atoms with Crippen LogP contribution < -0.4 is 10.7 Å². The molecule has 1 atom stereocenters. The highest BCUT2D eigenvalue weighted by Gasteiger charge is 2.50. The lowest BCUT2D eigenvalue weighted by Gasteiger charge is -2.22. The number of rotatable bonds is 5. The molecule has 4 amide bonds. The molecule has 150 valence electrons. The van der Waals surface area contributed by atoms with Gasteiger partial charge in [-0.15, -0.1) is 0 Å². The van der Waals surface area contributed by atoms with Crippen LogP contribution in [0.15, 0.2) is 42.5 Å². The maximum atomic E-state index is 12.7. The number of halogens is 2. The first-order valence-electron chi connectivity index (χ1n) is 8.23. The highest BCUT2D eigenvalue weighted by Crippen LogP contribution is 2.27. The summed E-state index contributed by atoms with van der Waals surface area (Å²) < 4.78 is 4.82. The quantitative estimate of drug-likeness (QED) is 0.420. The number of nitrogens with zero attached hydrogens (tertiary/aromatic N) is 2. The molecule has 2 aromatic rings. The number of hydrogen-bond donors (Lipinski definition) is 2. The Morgan fingerprint density at radius 2 is 1.86 bits per heavy atom. The zero-order chi connectivity index (χ0) is 21.2. The summed E-state index contributed by atoms with van der Waals surface area (Å²) in [5.74, 6) is -2.58. The lowest BCUT2D eigenvalue weighted by molar-refractivity contribution is -0.140. The lowest BCUT2D eigenvalue weighted by Crippen LogP contribution is -2.49. The van der Waals surface area contributed by atoms with Gasteiger partial charge in [0.05, 0.1) is 5.02 Å². The number of amides is 4. The first-order valence-corrected chi connectivity index (χ1v) is 8.99. The second-order valence-electron chi connectivity index (χ2n) is 6.14. The van der Waals surface area contributed by atoms with Crippen molar-refractivity contribution in [3.63, 3.8) is 0 Å². The van der Waals surface area contributed by atoms with Gasteiger partial charge in [-0.1, -0.05) is 53.5 Å². The Morgan fingerprint density at radius 3 is 2.55 bits per heavy atom. The first-order chi connectivity index (χ1) is 13.7. The summed E-state index contributed by atoms with van der Waals surface area (Å²) in [7, 11) is 0. The molecule has 0 spiro atoms. The number of pyridine rings is 1. The summed E-state index contributed by atoms with van der Waals surface area (Å²) in [4.78, 5) is 52.7. The second kappa shape index (κ2) is 8.06. The van der Waals surface area contributed by atoms with E-state index in [0.717, 1.165) is 0 Å². The summed E-state index contributed by atoms with van der Waals surface area (Å²) in [6.45, 7) is 0.740. The van der Waals surface area contributed by atoms with Gasteiger partial charge in [0.15, 0.2) is 12.3 Å². The van der Waals surface area contributed by atoms with Gasteiger partial charge >= 0.3 is 12.0 Å². The van der Waals surface area contributed by atoms with E-state index in [4.69, 9.17) is 27.9 Å². The first kappa shape index (κ1) is 20.6. The molecule has 1 aliphatic rings. The van der Waals surface area contributed by atoms with Gasteiger partial charge < -0.3 is 10.1 Å². The van der Waals surface area contributed by atoms with Crippen LogP contribution in [-0.4, -0.2) is 40.4 Å². The number of esters is 1. The molecule has 1 saturated heterocycles. The van der Waals surface area contributed by atoms with Gasteiger partial charge in [-0.25, -0.2) is 14.6 Å². The minimum absolute atomic E-state index is 0.00691. The van der Waals surface area contributed by atoms with Crippen molar-refractivity contribution < 1.29 is 23.9 Å². The summed E-state index contributed by atoms with van der Waals surface area (Å²) in [6.07, 6.45) is 0. The largest absolute Gasteiger partial charge is 0.451 e. The van der Waals surface area contributed by atoms with Gasteiger partial charge in [-0.05, 0) is 24.6 Å². The summed E-state index contributed by atoms with van der Waals surface area (Å²) in [6, 6.07) is 10.5. The van der Waals surface area contributed by atoms with Gasteiger partial charge in [-0.3, -0.25) is 15.0 Å². The van der Waals surface area contributed by atoms with Crippen molar-refractivity contribution in [3.05, 3.63) is 63.9 Å². The fourth-order valence-electron chi connectivity index (χ4n) is 2.63. The lowest BCUT2D eigenvalue weighted by atomic mass is 9.92. The van der Waals surface area contributed by atoms with E-state index in [1.807, 2.05) is 0 Å². The zero-order valence-electron chi connectivity index (χ0n) is 14.9. The molecule has 2 N–H and O–H groups in total. The van der Waals surface area contributed by atoms with Crippen LogP contribution in [0.25, 0.3) is 0 Å². The van der Waals surface area contributed by atoms with Crippen LogP contribution in [0.3, 0.4) is 0 Å². The van der Waals surface area contributed by atoms with Gasteiger partial charge in [0.2, 0.25) is 0 Å². The molecule has 1 aromatic carbocycles. The molecule has 0 radical (unpaired) electrons. The number of hydrogen-bond acceptors (Lipinski definition) is 6. The van der Waals surface area contributed by atoms with E-state index in [9.17, 15) is 19.2 Å². The minimum atomic E-state index is -1.35. The molecule has 1 aromatic heterocycles. The molecule has 0 bridgehead atoms. The molecule has 3 rings (SSSR count). The molecule has 1 aliphatic heterocycles. The normalized spacial score (nSPS) is 18.4. The molecule has 2 heterocycles. The summed E-state index contributed by atoms with van der Waals surface area (Å²) in [5, 5.41) is 3.08. The molecule has 29 heavy (non-hydrogen) atoms. The summed E-state index contributed by atoms with van der Waals surface area (Å²) >= 11 is 11.5.